The zero-order chi connectivity index (χ0) is 37.5. The molecule has 6 N–H and O–H groups in total. The molecule has 290 valence electrons. The highest BCUT2D eigenvalue weighted by Crippen LogP contribution is 2.31. The highest BCUT2D eigenvalue weighted by molar-refractivity contribution is 5.80. The summed E-state index contributed by atoms with van der Waals surface area (Å²) in [6, 6.07) is 0. The molecule has 0 aromatic rings. The standard InChI is InChI=1S/C39H68O11/c1-23(13-17-37(43)44)12-15-29(40)19-30-10-9-11-31(50-30)21-36(48-8)26(4)34(41)22-35(42)27(5)39(46)28(6)38(45)24(2)14-16-32-20-33(47-7)18-25(3)49-32/h9-10,12-13,17,24-36,38-42,45-46H,11,14-16,18-22H2,1-8H3,(H,43,44)/b17-13+,23-12+/t24-,25-,26-,27-,28-,29-,30+,31-,32-,33+,34-,35+,36-,38-,39-/m0/s1. The van der Waals surface area contributed by atoms with Crippen LogP contribution in [0.2, 0.25) is 0 Å². The van der Waals surface area contributed by atoms with Crippen LogP contribution in [0.5, 0.6) is 0 Å². The summed E-state index contributed by atoms with van der Waals surface area (Å²) in [5.74, 6) is -2.50. The SMILES string of the molecule is CO[C@H]1C[C@H](CC[C@H](C)[C@H](O)[C@H](C)[C@@H](O)[C@@H](C)[C@H](O)C[C@H](O)[C@H](C)[C@H](C[C@@H]2CC=C[C@H](C[C@@H](O)C/C=C(C)/C=C/C(=O)O)O2)OC)O[C@@H](C)C1. The van der Waals surface area contributed by atoms with Crippen LogP contribution in [0.25, 0.3) is 0 Å². The minimum atomic E-state index is -1.02. The second kappa shape index (κ2) is 22.4. The first-order chi connectivity index (χ1) is 23.6. The van der Waals surface area contributed by atoms with Gasteiger partial charge in [-0.1, -0.05) is 57.6 Å². The smallest absolute Gasteiger partial charge is 0.328 e. The maximum Gasteiger partial charge on any atom is 0.328 e. The Balaban J connectivity index is 1.84. The minimum absolute atomic E-state index is 0.0460. The number of methoxy groups -OCH3 is 2. The van der Waals surface area contributed by atoms with E-state index in [0.717, 1.165) is 37.3 Å². The van der Waals surface area contributed by atoms with Gasteiger partial charge in [0.05, 0.1) is 67.1 Å². The van der Waals surface area contributed by atoms with Crippen molar-refractivity contribution in [2.45, 2.75) is 166 Å². The van der Waals surface area contributed by atoms with Gasteiger partial charge in [-0.15, -0.1) is 0 Å². The molecular weight excluding hydrogens is 644 g/mol. The molecule has 0 radical (unpaired) electrons. The van der Waals surface area contributed by atoms with Crippen molar-refractivity contribution in [1.82, 2.24) is 0 Å². The van der Waals surface area contributed by atoms with Gasteiger partial charge < -0.3 is 49.6 Å². The number of aliphatic carboxylic acids is 1. The lowest BCUT2D eigenvalue weighted by Crippen LogP contribution is -2.43. The monoisotopic (exact) mass is 712 g/mol. The van der Waals surface area contributed by atoms with E-state index in [-0.39, 0.29) is 54.9 Å². The molecule has 11 nitrogen and oxygen atoms in total. The van der Waals surface area contributed by atoms with Gasteiger partial charge in [-0.3, -0.25) is 0 Å². The van der Waals surface area contributed by atoms with Gasteiger partial charge in [0.15, 0.2) is 0 Å². The van der Waals surface area contributed by atoms with Crippen molar-refractivity contribution >= 4 is 5.97 Å². The molecule has 0 saturated carbocycles. The van der Waals surface area contributed by atoms with E-state index < -0.39 is 48.3 Å². The van der Waals surface area contributed by atoms with Crippen molar-refractivity contribution in [1.29, 1.82) is 0 Å². The lowest BCUT2D eigenvalue weighted by Gasteiger charge is -2.37. The van der Waals surface area contributed by atoms with Crippen molar-refractivity contribution in [3.8, 4) is 0 Å². The Labute approximate surface area is 300 Å². The lowest BCUT2D eigenvalue weighted by atomic mass is 9.79. The molecular formula is C39H68O11. The molecule has 15 atom stereocenters. The Kier molecular flexibility index (Phi) is 19.9. The fourth-order valence-corrected chi connectivity index (χ4v) is 7.31. The Morgan fingerprint density at radius 2 is 1.58 bits per heavy atom. The zero-order valence-electron chi connectivity index (χ0n) is 31.6. The summed E-state index contributed by atoms with van der Waals surface area (Å²) in [5, 5.41) is 63.8. The number of ether oxygens (including phenoxy) is 4. The average Bonchev–Trinajstić information content (AvgIpc) is 3.09. The molecule has 50 heavy (non-hydrogen) atoms. The van der Waals surface area contributed by atoms with Gasteiger partial charge in [-0.25, -0.2) is 4.79 Å². The molecule has 0 amide bonds. The fraction of sp³-hybridized carbons (Fsp3) is 0.821. The van der Waals surface area contributed by atoms with E-state index in [2.05, 4.69) is 6.92 Å². The van der Waals surface area contributed by atoms with Crippen LogP contribution < -0.4 is 0 Å². The number of carboxylic acid groups (broad SMARTS) is 1. The minimum Gasteiger partial charge on any atom is -0.478 e. The number of hydrogen-bond acceptors (Lipinski definition) is 10. The Morgan fingerprint density at radius 3 is 2.22 bits per heavy atom. The van der Waals surface area contributed by atoms with Crippen molar-refractivity contribution < 1.29 is 54.4 Å². The first-order valence-electron chi connectivity index (χ1n) is 18.6. The highest BCUT2D eigenvalue weighted by Gasteiger charge is 2.37. The maximum absolute atomic E-state index is 11.2. The fourth-order valence-electron chi connectivity index (χ4n) is 7.31. The predicted octanol–water partition coefficient (Wildman–Crippen LogP) is 4.57. The highest BCUT2D eigenvalue weighted by atomic mass is 16.5. The number of carbonyl (C=O) groups is 1. The molecule has 2 heterocycles. The Bertz CT molecular complexity index is 1060. The molecule has 2 rings (SSSR count). The van der Waals surface area contributed by atoms with Crippen molar-refractivity contribution in [2.75, 3.05) is 14.2 Å². The van der Waals surface area contributed by atoms with E-state index in [1.165, 1.54) is 6.08 Å². The van der Waals surface area contributed by atoms with Crippen LogP contribution in [0.1, 0.15) is 99.3 Å². The van der Waals surface area contributed by atoms with Crippen LogP contribution in [-0.2, 0) is 23.7 Å². The average molecular weight is 713 g/mol. The number of rotatable bonds is 22. The van der Waals surface area contributed by atoms with Crippen molar-refractivity contribution in [3.05, 3.63) is 36.0 Å². The third-order valence-electron chi connectivity index (χ3n) is 10.9. The van der Waals surface area contributed by atoms with E-state index in [1.54, 1.807) is 41.1 Å². The van der Waals surface area contributed by atoms with Crippen LogP contribution in [0.15, 0.2) is 36.0 Å². The van der Waals surface area contributed by atoms with Gasteiger partial charge in [-0.05, 0) is 64.7 Å². The Morgan fingerprint density at radius 1 is 0.900 bits per heavy atom. The van der Waals surface area contributed by atoms with Crippen LogP contribution in [0.3, 0.4) is 0 Å². The molecule has 0 aliphatic carbocycles. The third-order valence-corrected chi connectivity index (χ3v) is 10.9. The quantitative estimate of drug-likeness (QED) is 0.0527. The second-order valence-electron chi connectivity index (χ2n) is 15.1. The van der Waals surface area contributed by atoms with Gasteiger partial charge in [0.1, 0.15) is 0 Å². The van der Waals surface area contributed by atoms with E-state index in [1.807, 2.05) is 26.0 Å². The number of aliphatic hydroxyl groups excluding tert-OH is 5. The summed E-state index contributed by atoms with van der Waals surface area (Å²) >= 11 is 0. The lowest BCUT2D eigenvalue weighted by molar-refractivity contribution is -0.131. The molecule has 2 aliphatic heterocycles. The third kappa shape index (κ3) is 15.1. The largest absolute Gasteiger partial charge is 0.478 e. The van der Waals surface area contributed by atoms with Crippen LogP contribution in [-0.4, -0.2) is 118 Å². The van der Waals surface area contributed by atoms with Crippen LogP contribution >= 0.6 is 0 Å². The molecule has 1 saturated heterocycles. The summed E-state index contributed by atoms with van der Waals surface area (Å²) in [6.45, 7) is 11.2. The van der Waals surface area contributed by atoms with Gasteiger partial charge >= 0.3 is 5.97 Å². The van der Waals surface area contributed by atoms with Gasteiger partial charge in [0, 0.05) is 50.9 Å². The number of allylic oxidation sites excluding steroid dienone is 2. The van der Waals surface area contributed by atoms with Crippen molar-refractivity contribution in [2.24, 2.45) is 23.7 Å². The molecule has 11 heteroatoms. The summed E-state index contributed by atoms with van der Waals surface area (Å²) in [7, 11) is 3.32. The zero-order valence-corrected chi connectivity index (χ0v) is 31.6. The summed E-state index contributed by atoms with van der Waals surface area (Å²) in [5.41, 5.74) is 0.753. The number of aliphatic hydroxyl groups is 5. The maximum atomic E-state index is 11.2. The summed E-state index contributed by atoms with van der Waals surface area (Å²) in [6.07, 6.45) is 8.81. The molecule has 2 aliphatic rings. The van der Waals surface area contributed by atoms with Gasteiger partial charge in [-0.2, -0.15) is 0 Å². The second-order valence-corrected chi connectivity index (χ2v) is 15.1. The molecule has 0 aromatic heterocycles. The normalized spacial score (nSPS) is 29.5. The molecule has 0 spiro atoms. The first-order valence-corrected chi connectivity index (χ1v) is 18.6. The van der Waals surface area contributed by atoms with Crippen LogP contribution in [0, 0.1) is 23.7 Å². The van der Waals surface area contributed by atoms with E-state index in [0.29, 0.717) is 25.7 Å². The number of carboxylic acids is 1. The molecule has 1 fully saturated rings. The Hall–Kier alpha value is -1.67. The summed E-state index contributed by atoms with van der Waals surface area (Å²) < 4.78 is 23.7. The predicted molar refractivity (Wildman–Crippen MR) is 193 cm³/mol. The molecule has 0 unspecified atom stereocenters. The first kappa shape index (κ1) is 44.5. The van der Waals surface area contributed by atoms with E-state index >= 15 is 0 Å². The van der Waals surface area contributed by atoms with E-state index in [4.69, 9.17) is 24.1 Å². The molecule has 0 aromatic carbocycles. The van der Waals surface area contributed by atoms with E-state index in [9.17, 15) is 30.3 Å². The molecule has 0 bridgehead atoms. The number of hydrogen-bond donors (Lipinski definition) is 6. The van der Waals surface area contributed by atoms with Gasteiger partial charge in [0.25, 0.3) is 0 Å². The van der Waals surface area contributed by atoms with Gasteiger partial charge in [0.2, 0.25) is 0 Å². The van der Waals surface area contributed by atoms with Crippen molar-refractivity contribution in [3.63, 3.8) is 0 Å². The van der Waals surface area contributed by atoms with Crippen LogP contribution in [0.4, 0.5) is 0 Å². The topological polar surface area (TPSA) is 175 Å². The summed E-state index contributed by atoms with van der Waals surface area (Å²) in [4.78, 5) is 10.7.